The highest BCUT2D eigenvalue weighted by Gasteiger charge is 2.35. The highest BCUT2D eigenvalue weighted by Crippen LogP contribution is 2.35. The van der Waals surface area contributed by atoms with E-state index in [1.165, 1.54) is 33.2 Å². The van der Waals surface area contributed by atoms with E-state index in [2.05, 4.69) is 20.6 Å². The molecule has 11 heteroatoms. The summed E-state index contributed by atoms with van der Waals surface area (Å²) >= 11 is 0. The number of alkyl halides is 3. The molecule has 0 saturated heterocycles. The van der Waals surface area contributed by atoms with E-state index in [0.717, 1.165) is 0 Å². The van der Waals surface area contributed by atoms with Crippen LogP contribution in [-0.4, -0.2) is 38.3 Å². The van der Waals surface area contributed by atoms with Crippen LogP contribution in [0.5, 0.6) is 5.75 Å². The summed E-state index contributed by atoms with van der Waals surface area (Å²) in [6, 6.07) is 2.88. The first-order valence-electron chi connectivity index (χ1n) is 7.83. The van der Waals surface area contributed by atoms with Crippen molar-refractivity contribution in [3.63, 3.8) is 0 Å². The molecule has 0 aliphatic heterocycles. The number of hydrogen-bond donors (Lipinski definition) is 2. The molecule has 148 valence electrons. The average Bonchev–Trinajstić information content (AvgIpc) is 2.60. The van der Waals surface area contributed by atoms with Crippen LogP contribution in [0.4, 0.5) is 30.6 Å². The number of sulfone groups is 1. The van der Waals surface area contributed by atoms with Crippen molar-refractivity contribution in [3.8, 4) is 5.75 Å². The highest BCUT2D eigenvalue weighted by molar-refractivity contribution is 7.91. The third kappa shape index (κ3) is 4.41. The van der Waals surface area contributed by atoms with Gasteiger partial charge in [-0.25, -0.2) is 13.4 Å². The minimum Gasteiger partial charge on any atom is -0.495 e. The van der Waals surface area contributed by atoms with E-state index in [1.807, 2.05) is 0 Å². The quantitative estimate of drug-likeness (QED) is 0.762. The predicted molar refractivity (Wildman–Crippen MR) is 95.3 cm³/mol. The fourth-order valence-corrected chi connectivity index (χ4v) is 3.53. The van der Waals surface area contributed by atoms with E-state index in [-0.39, 0.29) is 28.2 Å². The second-order valence-electron chi connectivity index (χ2n) is 5.55. The Hall–Kier alpha value is -2.56. The molecule has 0 fully saturated rings. The molecular formula is C16H19F3N4O3S. The predicted octanol–water partition coefficient (Wildman–Crippen LogP) is 3.39. The third-order valence-electron chi connectivity index (χ3n) is 3.79. The molecular weight excluding hydrogens is 385 g/mol. The summed E-state index contributed by atoms with van der Waals surface area (Å²) in [5.41, 5.74) is -0.212. The number of nitrogens with zero attached hydrogens (tertiary/aromatic N) is 2. The molecule has 1 heterocycles. The first-order chi connectivity index (χ1) is 12.5. The second kappa shape index (κ2) is 7.59. The van der Waals surface area contributed by atoms with Crippen LogP contribution < -0.4 is 15.4 Å². The van der Waals surface area contributed by atoms with Crippen molar-refractivity contribution in [3.05, 3.63) is 29.5 Å². The molecule has 0 aliphatic rings. The van der Waals surface area contributed by atoms with Gasteiger partial charge in [-0.15, -0.1) is 0 Å². The number of aromatic nitrogens is 2. The number of rotatable bonds is 6. The lowest BCUT2D eigenvalue weighted by Gasteiger charge is -2.16. The minimum absolute atomic E-state index is 0.0721. The molecule has 0 radical (unpaired) electrons. The molecule has 0 spiro atoms. The molecule has 0 saturated carbocycles. The summed E-state index contributed by atoms with van der Waals surface area (Å²) < 4.78 is 68.3. The van der Waals surface area contributed by atoms with E-state index >= 15 is 0 Å². The van der Waals surface area contributed by atoms with E-state index < -0.39 is 21.6 Å². The van der Waals surface area contributed by atoms with Crippen LogP contribution in [0.1, 0.15) is 18.1 Å². The molecule has 2 rings (SSSR count). The third-order valence-corrected chi connectivity index (χ3v) is 5.66. The maximum absolute atomic E-state index is 12.9. The number of anilines is 3. The summed E-state index contributed by atoms with van der Waals surface area (Å²) in [4.78, 5) is 7.63. The fourth-order valence-electron chi connectivity index (χ4n) is 2.39. The Morgan fingerprint density at radius 2 is 1.93 bits per heavy atom. The Morgan fingerprint density at radius 1 is 1.26 bits per heavy atom. The molecule has 0 amide bonds. The van der Waals surface area contributed by atoms with Gasteiger partial charge < -0.3 is 15.4 Å². The van der Waals surface area contributed by atoms with Crippen LogP contribution in [0.2, 0.25) is 0 Å². The van der Waals surface area contributed by atoms with Crippen molar-refractivity contribution in [2.45, 2.75) is 24.9 Å². The molecule has 7 nitrogen and oxygen atoms in total. The second-order valence-corrected chi connectivity index (χ2v) is 7.80. The lowest BCUT2D eigenvalue weighted by molar-refractivity contribution is -0.137. The van der Waals surface area contributed by atoms with Gasteiger partial charge in [-0.3, -0.25) is 0 Å². The maximum Gasteiger partial charge on any atom is 0.421 e. The molecule has 0 atom stereocenters. The Balaban J connectivity index is 2.47. The Labute approximate surface area is 154 Å². The van der Waals surface area contributed by atoms with Gasteiger partial charge in [-0.05, 0) is 18.6 Å². The van der Waals surface area contributed by atoms with Crippen LogP contribution in [0.15, 0.2) is 23.2 Å². The molecule has 0 bridgehead atoms. The van der Waals surface area contributed by atoms with Crippen LogP contribution in [-0.2, 0) is 16.0 Å². The van der Waals surface area contributed by atoms with E-state index in [1.54, 1.807) is 6.92 Å². The zero-order valence-corrected chi connectivity index (χ0v) is 15.9. The maximum atomic E-state index is 12.9. The zero-order chi connectivity index (χ0) is 20.4. The molecule has 27 heavy (non-hydrogen) atoms. The van der Waals surface area contributed by atoms with Crippen molar-refractivity contribution in [2.24, 2.45) is 0 Å². The molecule has 0 unspecified atom stereocenters. The van der Waals surface area contributed by atoms with Crippen molar-refractivity contribution < 1.29 is 26.3 Å². The van der Waals surface area contributed by atoms with Gasteiger partial charge in [0.15, 0.2) is 9.84 Å². The van der Waals surface area contributed by atoms with Crippen molar-refractivity contribution in [1.29, 1.82) is 0 Å². The monoisotopic (exact) mass is 404 g/mol. The van der Waals surface area contributed by atoms with Crippen LogP contribution >= 0.6 is 0 Å². The van der Waals surface area contributed by atoms with Crippen molar-refractivity contribution in [2.75, 3.05) is 30.5 Å². The number of benzene rings is 1. The van der Waals surface area contributed by atoms with Gasteiger partial charge in [0, 0.05) is 19.3 Å². The average molecular weight is 404 g/mol. The number of hydrogen-bond acceptors (Lipinski definition) is 7. The van der Waals surface area contributed by atoms with Gasteiger partial charge in [0.2, 0.25) is 5.95 Å². The van der Waals surface area contributed by atoms with Gasteiger partial charge in [0.25, 0.3) is 0 Å². The molecule has 0 aliphatic carbocycles. The SMILES string of the molecule is CCS(=O)(=O)c1cc(OC)c(Nc2ncc(C(F)(F)F)c(NC)n2)cc1C. The molecule has 1 aromatic heterocycles. The summed E-state index contributed by atoms with van der Waals surface area (Å²) in [7, 11) is -0.790. The number of nitrogens with one attached hydrogen (secondary N) is 2. The Morgan fingerprint density at radius 3 is 2.44 bits per heavy atom. The van der Waals surface area contributed by atoms with E-state index in [0.29, 0.717) is 17.4 Å². The zero-order valence-electron chi connectivity index (χ0n) is 15.1. The van der Waals surface area contributed by atoms with Crippen LogP contribution in [0.3, 0.4) is 0 Å². The Kier molecular flexibility index (Phi) is 5.83. The molecule has 2 N–H and O–H groups in total. The number of methoxy groups -OCH3 is 1. The summed E-state index contributed by atoms with van der Waals surface area (Å²) in [5.74, 6) is -0.365. The van der Waals surface area contributed by atoms with Gasteiger partial charge in [0.1, 0.15) is 17.1 Å². The van der Waals surface area contributed by atoms with Crippen LogP contribution in [0.25, 0.3) is 0 Å². The molecule has 2 aromatic rings. The van der Waals surface area contributed by atoms with Crippen molar-refractivity contribution in [1.82, 2.24) is 9.97 Å². The standard InChI is InChI=1S/C16H19F3N4O3S/c1-5-27(24,25)13-7-12(26-4)11(6-9(13)2)22-15-21-8-10(16(17,18)19)14(20-3)23-15/h6-8H,5H2,1-4H3,(H2,20,21,22,23). The number of ether oxygens (including phenoxy) is 1. The lowest BCUT2D eigenvalue weighted by atomic mass is 10.2. The molecule has 1 aromatic carbocycles. The highest BCUT2D eigenvalue weighted by atomic mass is 32.2. The van der Waals surface area contributed by atoms with E-state index in [4.69, 9.17) is 4.74 Å². The van der Waals surface area contributed by atoms with Gasteiger partial charge in [-0.1, -0.05) is 6.92 Å². The number of halogens is 3. The fraction of sp³-hybridized carbons (Fsp3) is 0.375. The smallest absolute Gasteiger partial charge is 0.421 e. The van der Waals surface area contributed by atoms with Gasteiger partial charge in [-0.2, -0.15) is 18.2 Å². The minimum atomic E-state index is -4.60. The van der Waals surface area contributed by atoms with Crippen LogP contribution in [0, 0.1) is 6.92 Å². The Bertz CT molecular complexity index is 947. The topological polar surface area (TPSA) is 93.2 Å². The largest absolute Gasteiger partial charge is 0.495 e. The number of aryl methyl sites for hydroxylation is 1. The normalized spacial score (nSPS) is 12.0. The summed E-state index contributed by atoms with van der Waals surface area (Å²) in [6.07, 6.45) is -3.93. The lowest BCUT2D eigenvalue weighted by Crippen LogP contribution is -2.13. The van der Waals surface area contributed by atoms with Gasteiger partial charge in [0.05, 0.1) is 23.4 Å². The van der Waals surface area contributed by atoms with Crippen molar-refractivity contribution >= 4 is 27.3 Å². The first-order valence-corrected chi connectivity index (χ1v) is 9.49. The first kappa shape index (κ1) is 20.7. The van der Waals surface area contributed by atoms with E-state index in [9.17, 15) is 21.6 Å². The van der Waals surface area contributed by atoms with Gasteiger partial charge >= 0.3 is 6.18 Å². The summed E-state index contributed by atoms with van der Waals surface area (Å²) in [6.45, 7) is 3.14. The summed E-state index contributed by atoms with van der Waals surface area (Å²) in [5, 5.41) is 5.15.